The number of aromatic hydroxyl groups is 1. The summed E-state index contributed by atoms with van der Waals surface area (Å²) in [6, 6.07) is 2.82. The monoisotopic (exact) mass is 674 g/mol. The lowest BCUT2D eigenvalue weighted by Crippen LogP contribution is -2.49. The summed E-state index contributed by atoms with van der Waals surface area (Å²) in [5.41, 5.74) is -0.627. The van der Waals surface area contributed by atoms with Crippen molar-refractivity contribution in [1.29, 1.82) is 5.26 Å². The van der Waals surface area contributed by atoms with Crippen molar-refractivity contribution < 1.29 is 18.7 Å². The third kappa shape index (κ3) is 5.35. The van der Waals surface area contributed by atoms with Gasteiger partial charge < -0.3 is 14.9 Å². The highest BCUT2D eigenvalue weighted by Gasteiger charge is 2.35. The molecule has 45 heavy (non-hydrogen) atoms. The molecule has 1 saturated heterocycles. The number of allylic oxidation sites excluding steroid dienone is 1. The van der Waals surface area contributed by atoms with Crippen LogP contribution in [0.5, 0.6) is 5.75 Å². The van der Waals surface area contributed by atoms with Gasteiger partial charge in [0.25, 0.3) is 5.56 Å². The van der Waals surface area contributed by atoms with E-state index in [9.17, 15) is 28.7 Å². The number of pyridine rings is 2. The molecule has 1 N–H and O–H groups in total. The largest absolute Gasteiger partial charge is 0.504 e. The SMILES string of the molecule is C=CC(=O)N1CCN(c2c(C#N)c(=O)n(C3C(C(C)C)=NC=C[C@H]3C)c3nc(-c4c(O)c(F)c(F)c(Cl)c4Cl)c(Cl)cc23)CC1. The maximum atomic E-state index is 14.7. The van der Waals surface area contributed by atoms with E-state index in [2.05, 4.69) is 22.6 Å². The van der Waals surface area contributed by atoms with Crippen molar-refractivity contribution in [2.24, 2.45) is 16.8 Å². The number of piperazine rings is 1. The second-order valence-electron chi connectivity index (χ2n) is 11.1. The molecule has 234 valence electrons. The Balaban J connectivity index is 1.88. The number of fused-ring (bicyclic) bond motifs is 1. The number of anilines is 1. The van der Waals surface area contributed by atoms with Crippen LogP contribution < -0.4 is 10.5 Å². The number of hydrogen-bond donors (Lipinski definition) is 1. The Bertz CT molecular complexity index is 1900. The van der Waals surface area contributed by atoms with Gasteiger partial charge in [-0.2, -0.15) is 9.65 Å². The lowest BCUT2D eigenvalue weighted by Gasteiger charge is -2.37. The molecule has 9 nitrogen and oxygen atoms in total. The molecule has 3 aromatic rings. The first-order valence-electron chi connectivity index (χ1n) is 14.0. The quantitative estimate of drug-likeness (QED) is 0.187. The summed E-state index contributed by atoms with van der Waals surface area (Å²) in [6.07, 6.45) is 4.69. The Kier molecular flexibility index (Phi) is 8.95. The van der Waals surface area contributed by atoms with Crippen molar-refractivity contribution in [3.8, 4) is 23.1 Å². The van der Waals surface area contributed by atoms with Gasteiger partial charge in [-0.05, 0) is 18.1 Å². The van der Waals surface area contributed by atoms with E-state index >= 15 is 0 Å². The number of aromatic nitrogens is 2. The first-order chi connectivity index (χ1) is 21.3. The summed E-state index contributed by atoms with van der Waals surface area (Å²) in [7, 11) is 0. The molecule has 1 unspecified atom stereocenters. The Hall–Kier alpha value is -3.98. The highest BCUT2D eigenvalue weighted by atomic mass is 35.5. The second kappa shape index (κ2) is 12.4. The van der Waals surface area contributed by atoms with Crippen molar-refractivity contribution in [2.45, 2.75) is 26.8 Å². The molecule has 1 fully saturated rings. The first-order valence-corrected chi connectivity index (χ1v) is 15.1. The Morgan fingerprint density at radius 1 is 1.18 bits per heavy atom. The minimum Gasteiger partial charge on any atom is -0.504 e. The minimum atomic E-state index is -1.65. The number of benzene rings is 1. The number of nitriles is 1. The highest BCUT2D eigenvalue weighted by molar-refractivity contribution is 6.44. The van der Waals surface area contributed by atoms with Gasteiger partial charge in [-0.3, -0.25) is 19.1 Å². The fourth-order valence-corrected chi connectivity index (χ4v) is 6.53. The average Bonchev–Trinajstić information content (AvgIpc) is 3.02. The van der Waals surface area contributed by atoms with Crippen LogP contribution in [-0.4, -0.2) is 57.4 Å². The van der Waals surface area contributed by atoms with Crippen molar-refractivity contribution in [1.82, 2.24) is 14.5 Å². The van der Waals surface area contributed by atoms with Gasteiger partial charge in [-0.1, -0.05) is 68.2 Å². The van der Waals surface area contributed by atoms with Gasteiger partial charge >= 0.3 is 0 Å². The van der Waals surface area contributed by atoms with Crippen LogP contribution in [0.25, 0.3) is 22.3 Å². The third-order valence-electron chi connectivity index (χ3n) is 8.07. The molecule has 0 saturated carbocycles. The molecule has 2 atom stereocenters. The van der Waals surface area contributed by atoms with Crippen LogP contribution in [0.15, 0.2) is 40.8 Å². The summed E-state index contributed by atoms with van der Waals surface area (Å²) >= 11 is 19.0. The molecule has 1 aromatic carbocycles. The molecular weight excluding hydrogens is 649 g/mol. The van der Waals surface area contributed by atoms with E-state index in [0.717, 1.165) is 0 Å². The fourth-order valence-electron chi connectivity index (χ4n) is 5.84. The fraction of sp³-hybridized carbons (Fsp3) is 0.323. The van der Waals surface area contributed by atoms with Crippen LogP contribution >= 0.6 is 34.8 Å². The average molecular weight is 676 g/mol. The van der Waals surface area contributed by atoms with Gasteiger partial charge in [0.2, 0.25) is 11.7 Å². The molecule has 0 bridgehead atoms. The second-order valence-corrected chi connectivity index (χ2v) is 12.2. The number of amides is 1. The highest BCUT2D eigenvalue weighted by Crippen LogP contribution is 2.47. The van der Waals surface area contributed by atoms with Gasteiger partial charge in [0.1, 0.15) is 17.3 Å². The zero-order chi connectivity index (χ0) is 32.9. The van der Waals surface area contributed by atoms with Crippen LogP contribution in [0.2, 0.25) is 15.1 Å². The zero-order valence-corrected chi connectivity index (χ0v) is 26.7. The van der Waals surface area contributed by atoms with Gasteiger partial charge in [-0.15, -0.1) is 0 Å². The standard InChI is InChI=1S/C31H27Cl3F2N6O3/c1-5-19(43)40-8-10-41(11-9-40)28-16-12-18(32)26(20-21(33)22(34)23(35)24(36)29(20)44)39-30(16)42(31(45)17(28)13-37)27-15(4)6-7-38-25(27)14(2)3/h5-7,12,14-15,27,44H,1,8-11H2,2-4H3/t15-,27?/m1/s1. The van der Waals surface area contributed by atoms with E-state index in [-0.39, 0.29) is 58.4 Å². The molecule has 2 aliphatic rings. The normalized spacial score (nSPS) is 18.4. The summed E-state index contributed by atoms with van der Waals surface area (Å²) in [5, 5.41) is 19.9. The molecule has 4 heterocycles. The van der Waals surface area contributed by atoms with E-state index in [1.54, 1.807) is 16.0 Å². The number of rotatable bonds is 5. The van der Waals surface area contributed by atoms with E-state index in [4.69, 9.17) is 34.8 Å². The first kappa shape index (κ1) is 32.4. The number of carbonyl (C=O) groups is 1. The van der Waals surface area contributed by atoms with E-state index < -0.39 is 44.6 Å². The predicted molar refractivity (Wildman–Crippen MR) is 171 cm³/mol. The van der Waals surface area contributed by atoms with E-state index in [1.165, 1.54) is 16.7 Å². The number of phenolic OH excluding ortho intramolecular Hbond substituents is 1. The molecule has 14 heteroatoms. The van der Waals surface area contributed by atoms with Crippen LogP contribution in [0.4, 0.5) is 14.5 Å². The topological polar surface area (TPSA) is 115 Å². The summed E-state index contributed by atoms with van der Waals surface area (Å²) in [6.45, 7) is 10.4. The van der Waals surface area contributed by atoms with Crippen molar-refractivity contribution in [3.05, 3.63) is 73.6 Å². The molecule has 0 aliphatic carbocycles. The Morgan fingerprint density at radius 2 is 1.84 bits per heavy atom. The van der Waals surface area contributed by atoms with Gasteiger partial charge in [0.15, 0.2) is 11.6 Å². The van der Waals surface area contributed by atoms with Crippen molar-refractivity contribution in [2.75, 3.05) is 31.1 Å². The Labute approximate surface area is 272 Å². The maximum Gasteiger partial charge on any atom is 0.272 e. The Morgan fingerprint density at radius 3 is 2.44 bits per heavy atom. The molecule has 0 radical (unpaired) electrons. The van der Waals surface area contributed by atoms with Crippen LogP contribution in [0, 0.1) is 34.8 Å². The smallest absolute Gasteiger partial charge is 0.272 e. The number of phenols is 1. The van der Waals surface area contributed by atoms with Crippen molar-refractivity contribution >= 4 is 63.1 Å². The van der Waals surface area contributed by atoms with Crippen molar-refractivity contribution in [3.63, 3.8) is 0 Å². The lowest BCUT2D eigenvalue weighted by atomic mass is 9.88. The summed E-state index contributed by atoms with van der Waals surface area (Å²) in [4.78, 5) is 39.3. The van der Waals surface area contributed by atoms with Crippen LogP contribution in [0.3, 0.4) is 0 Å². The molecule has 1 amide bonds. The molecular formula is C31H27Cl3F2N6O3. The minimum absolute atomic E-state index is 0.0369. The number of nitrogens with zero attached hydrogens (tertiary/aromatic N) is 6. The number of aliphatic imine (C=N–C) groups is 1. The number of carbonyl (C=O) groups excluding carboxylic acids is 1. The molecule has 2 aromatic heterocycles. The van der Waals surface area contributed by atoms with E-state index in [1.807, 2.05) is 26.8 Å². The number of halogens is 5. The molecule has 2 aliphatic heterocycles. The summed E-state index contributed by atoms with van der Waals surface area (Å²) in [5.74, 6) is -5.00. The maximum absolute atomic E-state index is 14.7. The van der Waals surface area contributed by atoms with Gasteiger partial charge in [0.05, 0.1) is 38.1 Å². The van der Waals surface area contributed by atoms with Gasteiger partial charge in [0, 0.05) is 49.4 Å². The lowest BCUT2D eigenvalue weighted by molar-refractivity contribution is -0.126. The van der Waals surface area contributed by atoms with Crippen LogP contribution in [-0.2, 0) is 4.79 Å². The molecule has 0 spiro atoms. The van der Waals surface area contributed by atoms with Crippen LogP contribution in [0.1, 0.15) is 32.4 Å². The zero-order valence-electron chi connectivity index (χ0n) is 24.4. The van der Waals surface area contributed by atoms with Gasteiger partial charge in [-0.25, -0.2) is 9.37 Å². The molecule has 5 rings (SSSR count). The third-order valence-corrected chi connectivity index (χ3v) is 9.18. The van der Waals surface area contributed by atoms with E-state index in [0.29, 0.717) is 24.2 Å². The summed E-state index contributed by atoms with van der Waals surface area (Å²) < 4.78 is 30.4. The predicted octanol–water partition coefficient (Wildman–Crippen LogP) is 6.52. The number of hydrogen-bond acceptors (Lipinski definition) is 7.